The van der Waals surface area contributed by atoms with Crippen LogP contribution in [0.2, 0.25) is 0 Å². The number of likely N-dealkylation sites (tertiary alicyclic amines) is 1. The Morgan fingerprint density at radius 1 is 1.38 bits per heavy atom. The molecule has 1 aliphatic rings. The molecule has 0 spiro atoms. The summed E-state index contributed by atoms with van der Waals surface area (Å²) in [6.45, 7) is 4.26. The highest BCUT2D eigenvalue weighted by Gasteiger charge is 2.19. The fraction of sp³-hybridized carbons (Fsp3) is 0.562. The molecule has 0 bridgehead atoms. The lowest BCUT2D eigenvalue weighted by Crippen LogP contribution is -2.44. The van der Waals surface area contributed by atoms with Crippen molar-refractivity contribution in [3.63, 3.8) is 0 Å². The molecule has 0 aliphatic carbocycles. The molecular formula is C16H25N3O2. The minimum atomic E-state index is -0.00421. The van der Waals surface area contributed by atoms with E-state index in [1.807, 2.05) is 31.2 Å². The number of nitrogens with two attached hydrogens (primary N) is 1. The first-order valence-electron chi connectivity index (χ1n) is 7.49. The van der Waals surface area contributed by atoms with Crippen LogP contribution in [0.5, 0.6) is 5.75 Å². The van der Waals surface area contributed by atoms with Crippen molar-refractivity contribution >= 4 is 5.91 Å². The summed E-state index contributed by atoms with van der Waals surface area (Å²) < 4.78 is 5.13. The topological polar surface area (TPSA) is 67.6 Å². The Bertz CT molecular complexity index is 453. The van der Waals surface area contributed by atoms with E-state index in [1.54, 1.807) is 7.11 Å². The fourth-order valence-electron chi connectivity index (χ4n) is 2.58. The number of hydrogen-bond donors (Lipinski definition) is 2. The van der Waals surface area contributed by atoms with Gasteiger partial charge in [-0.1, -0.05) is 12.1 Å². The highest BCUT2D eigenvalue weighted by molar-refractivity contribution is 5.78. The van der Waals surface area contributed by atoms with Crippen molar-refractivity contribution in [1.29, 1.82) is 0 Å². The van der Waals surface area contributed by atoms with Gasteiger partial charge in [0.2, 0.25) is 5.91 Å². The van der Waals surface area contributed by atoms with Gasteiger partial charge in [0.15, 0.2) is 0 Å². The molecule has 1 aromatic rings. The molecule has 5 nitrogen and oxygen atoms in total. The van der Waals surface area contributed by atoms with Gasteiger partial charge in [0.25, 0.3) is 0 Å². The number of amides is 1. The Morgan fingerprint density at radius 2 is 2.00 bits per heavy atom. The smallest absolute Gasteiger partial charge is 0.234 e. The maximum absolute atomic E-state index is 12.1. The number of hydrogen-bond acceptors (Lipinski definition) is 4. The first kappa shape index (κ1) is 15.8. The summed E-state index contributed by atoms with van der Waals surface area (Å²) >= 11 is 0. The monoisotopic (exact) mass is 291 g/mol. The molecule has 1 aromatic carbocycles. The van der Waals surface area contributed by atoms with E-state index in [0.717, 1.165) is 37.2 Å². The average Bonchev–Trinajstić information content (AvgIpc) is 2.49. The molecule has 1 amide bonds. The Labute approximate surface area is 126 Å². The lowest BCUT2D eigenvalue weighted by Gasteiger charge is -2.29. The zero-order valence-electron chi connectivity index (χ0n) is 12.8. The van der Waals surface area contributed by atoms with Crippen LogP contribution in [0.15, 0.2) is 24.3 Å². The van der Waals surface area contributed by atoms with Crippen LogP contribution in [-0.2, 0) is 4.79 Å². The van der Waals surface area contributed by atoms with Gasteiger partial charge in [-0.2, -0.15) is 0 Å². The van der Waals surface area contributed by atoms with Crippen LogP contribution in [0.25, 0.3) is 0 Å². The maximum atomic E-state index is 12.1. The molecule has 0 radical (unpaired) electrons. The number of nitrogens with zero attached hydrogens (tertiary/aromatic N) is 1. The van der Waals surface area contributed by atoms with E-state index in [-0.39, 0.29) is 11.9 Å². The van der Waals surface area contributed by atoms with E-state index in [4.69, 9.17) is 10.5 Å². The molecule has 116 valence electrons. The van der Waals surface area contributed by atoms with Gasteiger partial charge in [-0.3, -0.25) is 9.69 Å². The quantitative estimate of drug-likeness (QED) is 0.858. The number of rotatable bonds is 5. The SMILES string of the molecule is COc1ccc([C@H](C)NC(=O)CN2CCC(N)CC2)cc1. The number of nitrogens with one attached hydrogen (secondary N) is 1. The predicted octanol–water partition coefficient (Wildman–Crippen LogP) is 1.30. The molecule has 1 saturated heterocycles. The predicted molar refractivity (Wildman–Crippen MR) is 83.2 cm³/mol. The van der Waals surface area contributed by atoms with Gasteiger partial charge in [-0.25, -0.2) is 0 Å². The van der Waals surface area contributed by atoms with Gasteiger partial charge in [0.1, 0.15) is 5.75 Å². The van der Waals surface area contributed by atoms with Crippen molar-refractivity contribution in [3.8, 4) is 5.75 Å². The van der Waals surface area contributed by atoms with Crippen molar-refractivity contribution in [3.05, 3.63) is 29.8 Å². The second-order valence-corrected chi connectivity index (χ2v) is 5.68. The second kappa shape index (κ2) is 7.43. The third-order valence-electron chi connectivity index (χ3n) is 3.99. The second-order valence-electron chi connectivity index (χ2n) is 5.68. The van der Waals surface area contributed by atoms with Gasteiger partial charge < -0.3 is 15.8 Å². The third-order valence-corrected chi connectivity index (χ3v) is 3.99. The van der Waals surface area contributed by atoms with Crippen molar-refractivity contribution < 1.29 is 9.53 Å². The third kappa shape index (κ3) is 4.72. The van der Waals surface area contributed by atoms with Crippen molar-refractivity contribution in [2.45, 2.75) is 31.8 Å². The van der Waals surface area contributed by atoms with Gasteiger partial charge in [0, 0.05) is 19.1 Å². The van der Waals surface area contributed by atoms with Gasteiger partial charge in [-0.05, 0) is 37.5 Å². The van der Waals surface area contributed by atoms with Crippen LogP contribution in [0.3, 0.4) is 0 Å². The highest BCUT2D eigenvalue weighted by Crippen LogP contribution is 2.17. The number of ether oxygens (including phenoxy) is 1. The Balaban J connectivity index is 1.81. The summed E-state index contributed by atoms with van der Waals surface area (Å²) in [5.41, 5.74) is 6.94. The Hall–Kier alpha value is -1.59. The van der Waals surface area contributed by atoms with Crippen molar-refractivity contribution in [1.82, 2.24) is 10.2 Å². The summed E-state index contributed by atoms with van der Waals surface area (Å²) in [7, 11) is 1.64. The summed E-state index contributed by atoms with van der Waals surface area (Å²) in [6.07, 6.45) is 1.95. The minimum absolute atomic E-state index is 0.00421. The lowest BCUT2D eigenvalue weighted by molar-refractivity contribution is -0.123. The summed E-state index contributed by atoms with van der Waals surface area (Å²) in [4.78, 5) is 14.3. The molecule has 1 heterocycles. The van der Waals surface area contributed by atoms with Crippen LogP contribution >= 0.6 is 0 Å². The summed E-state index contributed by atoms with van der Waals surface area (Å²) in [6, 6.07) is 8.06. The molecule has 0 saturated carbocycles. The zero-order valence-corrected chi connectivity index (χ0v) is 12.8. The van der Waals surface area contributed by atoms with Gasteiger partial charge in [0.05, 0.1) is 19.7 Å². The number of piperidine rings is 1. The van der Waals surface area contributed by atoms with E-state index in [1.165, 1.54) is 0 Å². The first-order chi connectivity index (χ1) is 10.1. The molecule has 5 heteroatoms. The van der Waals surface area contributed by atoms with Crippen LogP contribution in [0.4, 0.5) is 0 Å². The number of methoxy groups -OCH3 is 1. The number of benzene rings is 1. The average molecular weight is 291 g/mol. The molecule has 1 atom stereocenters. The number of carbonyl (C=O) groups excluding carboxylic acids is 1. The molecule has 1 fully saturated rings. The van der Waals surface area contributed by atoms with E-state index >= 15 is 0 Å². The molecular weight excluding hydrogens is 266 g/mol. The van der Waals surface area contributed by atoms with E-state index in [2.05, 4.69) is 10.2 Å². The molecule has 0 aromatic heterocycles. The van der Waals surface area contributed by atoms with Crippen LogP contribution in [0.1, 0.15) is 31.4 Å². The Morgan fingerprint density at radius 3 is 2.57 bits per heavy atom. The lowest BCUT2D eigenvalue weighted by atomic mass is 10.1. The molecule has 1 aliphatic heterocycles. The fourth-order valence-corrected chi connectivity index (χ4v) is 2.58. The molecule has 21 heavy (non-hydrogen) atoms. The van der Waals surface area contributed by atoms with E-state index < -0.39 is 0 Å². The molecule has 3 N–H and O–H groups in total. The molecule has 0 unspecified atom stereocenters. The standard InChI is InChI=1S/C16H25N3O2/c1-12(13-3-5-15(21-2)6-4-13)18-16(20)11-19-9-7-14(17)8-10-19/h3-6,12,14H,7-11,17H2,1-2H3,(H,18,20)/t12-/m0/s1. The van der Waals surface area contributed by atoms with E-state index in [0.29, 0.717) is 12.6 Å². The Kier molecular flexibility index (Phi) is 5.59. The summed E-state index contributed by atoms with van der Waals surface area (Å²) in [5, 5.41) is 3.04. The highest BCUT2D eigenvalue weighted by atomic mass is 16.5. The molecule has 2 rings (SSSR count). The van der Waals surface area contributed by atoms with Crippen LogP contribution < -0.4 is 15.8 Å². The normalized spacial score (nSPS) is 18.2. The van der Waals surface area contributed by atoms with Crippen LogP contribution in [-0.4, -0.2) is 43.6 Å². The maximum Gasteiger partial charge on any atom is 0.234 e. The van der Waals surface area contributed by atoms with Gasteiger partial charge in [-0.15, -0.1) is 0 Å². The van der Waals surface area contributed by atoms with Crippen LogP contribution in [0, 0.1) is 0 Å². The van der Waals surface area contributed by atoms with Crippen molar-refractivity contribution in [2.75, 3.05) is 26.7 Å². The van der Waals surface area contributed by atoms with Gasteiger partial charge >= 0.3 is 0 Å². The summed E-state index contributed by atoms with van der Waals surface area (Å²) in [5.74, 6) is 0.885. The van der Waals surface area contributed by atoms with Crippen molar-refractivity contribution in [2.24, 2.45) is 5.73 Å². The largest absolute Gasteiger partial charge is 0.497 e. The minimum Gasteiger partial charge on any atom is -0.497 e. The van der Waals surface area contributed by atoms with E-state index in [9.17, 15) is 4.79 Å². The zero-order chi connectivity index (χ0) is 15.2. The number of carbonyl (C=O) groups is 1. The first-order valence-corrected chi connectivity index (χ1v) is 7.49.